The zero-order valence-corrected chi connectivity index (χ0v) is 15.5. The predicted molar refractivity (Wildman–Crippen MR) is 98.3 cm³/mol. The zero-order valence-electron chi connectivity index (χ0n) is 13.9. The van der Waals surface area contributed by atoms with Crippen LogP contribution >= 0.6 is 22.9 Å². The molecule has 0 spiro atoms. The first-order valence-electron chi connectivity index (χ1n) is 7.90. The number of halogens is 1. The van der Waals surface area contributed by atoms with E-state index in [9.17, 15) is 4.79 Å². The van der Waals surface area contributed by atoms with Crippen LogP contribution in [-0.4, -0.2) is 26.1 Å². The van der Waals surface area contributed by atoms with Crippen LogP contribution in [0.2, 0.25) is 5.02 Å². The molecule has 0 fully saturated rings. The number of rotatable bonds is 6. The van der Waals surface area contributed by atoms with E-state index in [1.807, 2.05) is 35.7 Å². The Morgan fingerprint density at radius 3 is 2.76 bits per heavy atom. The van der Waals surface area contributed by atoms with Crippen molar-refractivity contribution in [1.82, 2.24) is 25.5 Å². The number of carbonyl (C=O) groups excluding carboxylic acids is 1. The molecule has 0 radical (unpaired) electrons. The van der Waals surface area contributed by atoms with Crippen LogP contribution in [0.15, 0.2) is 41.8 Å². The third-order valence-electron chi connectivity index (χ3n) is 3.69. The van der Waals surface area contributed by atoms with E-state index in [1.54, 1.807) is 17.4 Å². The molecule has 130 valence electrons. The maximum atomic E-state index is 12.4. The van der Waals surface area contributed by atoms with E-state index >= 15 is 0 Å². The molecule has 0 aliphatic heterocycles. The molecular weight excluding hydrogens is 358 g/mol. The second-order valence-electron chi connectivity index (χ2n) is 5.93. The van der Waals surface area contributed by atoms with Gasteiger partial charge < -0.3 is 5.32 Å². The zero-order chi connectivity index (χ0) is 17.8. The maximum absolute atomic E-state index is 12.4. The molecule has 3 aromatic rings. The number of benzene rings is 1. The Morgan fingerprint density at radius 2 is 2.08 bits per heavy atom. The van der Waals surface area contributed by atoms with Crippen molar-refractivity contribution in [2.75, 3.05) is 0 Å². The summed E-state index contributed by atoms with van der Waals surface area (Å²) in [4.78, 5) is 14.8. The van der Waals surface area contributed by atoms with Crippen LogP contribution in [0, 0.1) is 5.92 Å². The fourth-order valence-corrected chi connectivity index (χ4v) is 3.61. The van der Waals surface area contributed by atoms with Crippen LogP contribution in [-0.2, 0) is 11.3 Å². The Labute approximate surface area is 154 Å². The summed E-state index contributed by atoms with van der Waals surface area (Å²) >= 11 is 7.77. The maximum Gasteiger partial charge on any atom is 0.244 e. The van der Waals surface area contributed by atoms with Crippen molar-refractivity contribution >= 4 is 28.8 Å². The molecule has 0 aliphatic rings. The van der Waals surface area contributed by atoms with Crippen LogP contribution in [0.1, 0.15) is 24.8 Å². The predicted octanol–water partition coefficient (Wildman–Crippen LogP) is 3.57. The van der Waals surface area contributed by atoms with Gasteiger partial charge in [0.25, 0.3) is 0 Å². The molecule has 2 aromatic heterocycles. The molecule has 1 atom stereocenters. The van der Waals surface area contributed by atoms with Crippen molar-refractivity contribution in [3.63, 3.8) is 0 Å². The third kappa shape index (κ3) is 4.24. The Kier molecular flexibility index (Phi) is 5.45. The minimum atomic E-state index is -0.157. The van der Waals surface area contributed by atoms with Crippen molar-refractivity contribution in [3.05, 3.63) is 51.7 Å². The number of aromatic nitrogens is 4. The highest BCUT2D eigenvalue weighted by Crippen LogP contribution is 2.26. The number of tetrazole rings is 1. The Bertz CT molecular complexity index is 846. The topological polar surface area (TPSA) is 72.7 Å². The fourth-order valence-electron chi connectivity index (χ4n) is 2.44. The van der Waals surface area contributed by atoms with Crippen molar-refractivity contribution in [3.8, 4) is 11.4 Å². The summed E-state index contributed by atoms with van der Waals surface area (Å²) < 4.78 is 0. The van der Waals surface area contributed by atoms with Gasteiger partial charge in [0.2, 0.25) is 11.7 Å². The van der Waals surface area contributed by atoms with Crippen LogP contribution in [0.3, 0.4) is 0 Å². The molecule has 3 rings (SSSR count). The average Bonchev–Trinajstić information content (AvgIpc) is 3.24. The Morgan fingerprint density at radius 1 is 1.28 bits per heavy atom. The van der Waals surface area contributed by atoms with Crippen LogP contribution in [0.4, 0.5) is 0 Å². The van der Waals surface area contributed by atoms with E-state index in [4.69, 9.17) is 11.6 Å². The van der Waals surface area contributed by atoms with Crippen LogP contribution < -0.4 is 5.32 Å². The monoisotopic (exact) mass is 375 g/mol. The van der Waals surface area contributed by atoms with Gasteiger partial charge in [-0.25, -0.2) is 0 Å². The van der Waals surface area contributed by atoms with E-state index < -0.39 is 0 Å². The molecule has 0 unspecified atom stereocenters. The minimum absolute atomic E-state index is 0.00600. The number of amides is 1. The summed E-state index contributed by atoms with van der Waals surface area (Å²) in [5.74, 6) is 0.525. The van der Waals surface area contributed by atoms with Crippen molar-refractivity contribution in [2.24, 2.45) is 5.92 Å². The lowest BCUT2D eigenvalue weighted by Gasteiger charge is -2.21. The lowest BCUT2D eigenvalue weighted by Crippen LogP contribution is -2.34. The van der Waals surface area contributed by atoms with Crippen LogP contribution in [0.5, 0.6) is 0 Å². The highest BCUT2D eigenvalue weighted by Gasteiger charge is 2.20. The normalized spacial score (nSPS) is 12.3. The lowest BCUT2D eigenvalue weighted by atomic mass is 10.0. The molecule has 2 heterocycles. The van der Waals surface area contributed by atoms with Crippen LogP contribution in [0.25, 0.3) is 11.4 Å². The first-order chi connectivity index (χ1) is 12.0. The molecule has 0 bridgehead atoms. The van der Waals surface area contributed by atoms with Gasteiger partial charge in [0.05, 0.1) is 11.1 Å². The molecule has 0 saturated carbocycles. The number of nitrogens with zero attached hydrogens (tertiary/aromatic N) is 4. The van der Waals surface area contributed by atoms with Gasteiger partial charge in [0, 0.05) is 10.4 Å². The average molecular weight is 376 g/mol. The lowest BCUT2D eigenvalue weighted by molar-refractivity contribution is -0.123. The molecule has 0 aliphatic carbocycles. The smallest absolute Gasteiger partial charge is 0.244 e. The number of carbonyl (C=O) groups is 1. The van der Waals surface area contributed by atoms with Gasteiger partial charge in [-0.3, -0.25) is 4.79 Å². The number of hydrogen-bond donors (Lipinski definition) is 1. The second-order valence-corrected chi connectivity index (χ2v) is 7.31. The second kappa shape index (κ2) is 7.76. The minimum Gasteiger partial charge on any atom is -0.347 e. The molecule has 0 saturated heterocycles. The van der Waals surface area contributed by atoms with Gasteiger partial charge in [0.1, 0.15) is 6.54 Å². The van der Waals surface area contributed by atoms with E-state index in [-0.39, 0.29) is 24.4 Å². The molecular formula is C17H18ClN5OS. The Balaban J connectivity index is 1.68. The van der Waals surface area contributed by atoms with Gasteiger partial charge in [-0.1, -0.05) is 43.6 Å². The Hall–Kier alpha value is -2.25. The number of thiophene rings is 1. The number of hydrogen-bond acceptors (Lipinski definition) is 5. The molecule has 1 aromatic carbocycles. The highest BCUT2D eigenvalue weighted by molar-refractivity contribution is 7.10. The quantitative estimate of drug-likeness (QED) is 0.714. The first kappa shape index (κ1) is 17.6. The molecule has 25 heavy (non-hydrogen) atoms. The first-order valence-corrected chi connectivity index (χ1v) is 9.16. The van der Waals surface area contributed by atoms with Gasteiger partial charge >= 0.3 is 0 Å². The van der Waals surface area contributed by atoms with Crippen molar-refractivity contribution in [1.29, 1.82) is 0 Å². The molecule has 1 N–H and O–H groups in total. The highest BCUT2D eigenvalue weighted by atomic mass is 35.5. The molecule has 6 nitrogen and oxygen atoms in total. The SMILES string of the molecule is CC(C)[C@@H](NC(=O)Cn1nnc(-c2ccccc2Cl)n1)c1cccs1. The van der Waals surface area contributed by atoms with E-state index in [0.717, 1.165) is 4.88 Å². The summed E-state index contributed by atoms with van der Waals surface area (Å²) in [6, 6.07) is 11.2. The summed E-state index contributed by atoms with van der Waals surface area (Å²) in [5, 5.41) is 17.8. The standard InChI is InChI=1S/C17H18ClN5OS/c1-11(2)16(14-8-5-9-25-14)19-15(24)10-23-21-17(20-22-23)12-6-3-4-7-13(12)18/h3-9,11,16H,10H2,1-2H3,(H,19,24)/t16-/m1/s1. The van der Waals surface area contributed by atoms with Crippen molar-refractivity contribution < 1.29 is 4.79 Å². The fraction of sp³-hybridized carbons (Fsp3) is 0.294. The molecule has 1 amide bonds. The number of nitrogens with one attached hydrogen (secondary N) is 1. The van der Waals surface area contributed by atoms with E-state index in [1.165, 1.54) is 4.80 Å². The summed E-state index contributed by atoms with van der Waals surface area (Å²) in [5.41, 5.74) is 0.689. The van der Waals surface area contributed by atoms with E-state index in [2.05, 4.69) is 34.6 Å². The summed E-state index contributed by atoms with van der Waals surface area (Å²) in [6.45, 7) is 4.16. The van der Waals surface area contributed by atoms with Gasteiger partial charge in [-0.05, 0) is 34.7 Å². The summed E-state index contributed by atoms with van der Waals surface area (Å²) in [6.07, 6.45) is 0. The third-order valence-corrected chi connectivity index (χ3v) is 4.97. The van der Waals surface area contributed by atoms with Gasteiger partial charge in [-0.2, -0.15) is 4.80 Å². The van der Waals surface area contributed by atoms with E-state index in [0.29, 0.717) is 16.4 Å². The summed E-state index contributed by atoms with van der Waals surface area (Å²) in [7, 11) is 0. The van der Waals surface area contributed by atoms with Gasteiger partial charge in [-0.15, -0.1) is 21.5 Å². The van der Waals surface area contributed by atoms with Gasteiger partial charge in [0.15, 0.2) is 0 Å². The largest absolute Gasteiger partial charge is 0.347 e. The van der Waals surface area contributed by atoms with Crippen molar-refractivity contribution in [2.45, 2.75) is 26.4 Å². The molecule has 8 heteroatoms.